The molecule has 0 aliphatic carbocycles. The quantitative estimate of drug-likeness (QED) is 0.743. The first-order valence-corrected chi connectivity index (χ1v) is 8.16. The lowest BCUT2D eigenvalue weighted by molar-refractivity contribution is 0.0526. The summed E-state index contributed by atoms with van der Waals surface area (Å²) in [5.74, 6) is 0. The van der Waals surface area contributed by atoms with Gasteiger partial charge < -0.3 is 19.7 Å². The summed E-state index contributed by atoms with van der Waals surface area (Å²) >= 11 is 1.77. The van der Waals surface area contributed by atoms with Crippen molar-refractivity contribution in [3.8, 4) is 0 Å². The fraction of sp³-hybridized carbons (Fsp3) is 0.786. The Kier molecular flexibility index (Phi) is 6.72. The second-order valence-corrected chi connectivity index (χ2v) is 6.04. The average molecular weight is 299 g/mol. The van der Waals surface area contributed by atoms with Crippen LogP contribution in [0.15, 0.2) is 6.20 Å². The highest BCUT2D eigenvalue weighted by Gasteiger charge is 2.22. The predicted molar refractivity (Wildman–Crippen MR) is 82.6 cm³/mol. The van der Waals surface area contributed by atoms with Gasteiger partial charge in [0.25, 0.3) is 0 Å². The Bertz CT molecular complexity index is 384. The second kappa shape index (κ2) is 8.56. The lowest BCUT2D eigenvalue weighted by atomic mass is 10.1. The second-order valence-electron chi connectivity index (χ2n) is 4.94. The van der Waals surface area contributed by atoms with Gasteiger partial charge in [0.1, 0.15) is 0 Å². The van der Waals surface area contributed by atoms with E-state index >= 15 is 0 Å². The lowest BCUT2D eigenvalue weighted by Gasteiger charge is -2.32. The third kappa shape index (κ3) is 4.70. The van der Waals surface area contributed by atoms with Gasteiger partial charge in [-0.05, 0) is 19.8 Å². The molecule has 1 atom stereocenters. The highest BCUT2D eigenvalue weighted by Crippen LogP contribution is 2.26. The Hall–Kier alpha value is -0.690. The summed E-state index contributed by atoms with van der Waals surface area (Å²) in [6, 6.07) is 0. The van der Waals surface area contributed by atoms with Crippen molar-refractivity contribution in [2.24, 2.45) is 0 Å². The maximum Gasteiger partial charge on any atom is 0.185 e. The molecule has 2 rings (SSSR count). The zero-order valence-corrected chi connectivity index (χ0v) is 13.2. The smallest absolute Gasteiger partial charge is 0.185 e. The first-order valence-electron chi connectivity index (χ1n) is 7.34. The molecule has 2 heterocycles. The van der Waals surface area contributed by atoms with E-state index in [-0.39, 0.29) is 0 Å². The van der Waals surface area contributed by atoms with E-state index in [9.17, 15) is 0 Å². The number of piperidine rings is 1. The number of anilines is 1. The summed E-state index contributed by atoms with van der Waals surface area (Å²) in [6.07, 6.45) is 4.69. The molecule has 0 saturated carbocycles. The SMILES string of the molecule is CCOC1CCCN(c2ncc(CNCCOC)s2)C1. The number of hydrogen-bond donors (Lipinski definition) is 1. The van der Waals surface area contributed by atoms with E-state index in [2.05, 4.69) is 22.1 Å². The Morgan fingerprint density at radius 1 is 1.55 bits per heavy atom. The zero-order valence-electron chi connectivity index (χ0n) is 12.4. The van der Waals surface area contributed by atoms with E-state index in [4.69, 9.17) is 9.47 Å². The monoisotopic (exact) mass is 299 g/mol. The number of thiazole rings is 1. The number of nitrogens with zero attached hydrogens (tertiary/aromatic N) is 2. The van der Waals surface area contributed by atoms with Crippen LogP contribution in [0.5, 0.6) is 0 Å². The predicted octanol–water partition coefficient (Wildman–Crippen LogP) is 1.88. The molecule has 0 bridgehead atoms. The topological polar surface area (TPSA) is 46.6 Å². The minimum Gasteiger partial charge on any atom is -0.383 e. The number of methoxy groups -OCH3 is 1. The molecule has 0 radical (unpaired) electrons. The molecule has 5 nitrogen and oxygen atoms in total. The van der Waals surface area contributed by atoms with Gasteiger partial charge in [0.05, 0.1) is 12.7 Å². The molecule has 0 spiro atoms. The molecule has 1 N–H and O–H groups in total. The van der Waals surface area contributed by atoms with Gasteiger partial charge in [-0.2, -0.15) is 0 Å². The number of rotatable bonds is 8. The van der Waals surface area contributed by atoms with Crippen molar-refractivity contribution in [2.45, 2.75) is 32.4 Å². The van der Waals surface area contributed by atoms with Crippen molar-refractivity contribution in [3.63, 3.8) is 0 Å². The molecule has 1 saturated heterocycles. The van der Waals surface area contributed by atoms with Crippen molar-refractivity contribution < 1.29 is 9.47 Å². The van der Waals surface area contributed by atoms with Crippen LogP contribution >= 0.6 is 11.3 Å². The van der Waals surface area contributed by atoms with Crippen molar-refractivity contribution in [2.75, 3.05) is 44.9 Å². The average Bonchev–Trinajstić information content (AvgIpc) is 2.93. The summed E-state index contributed by atoms with van der Waals surface area (Å²) in [6.45, 7) is 7.40. The van der Waals surface area contributed by atoms with Crippen LogP contribution in [0.4, 0.5) is 5.13 Å². The van der Waals surface area contributed by atoms with Crippen LogP contribution in [0, 0.1) is 0 Å². The van der Waals surface area contributed by atoms with Crippen LogP contribution in [0.1, 0.15) is 24.6 Å². The minimum absolute atomic E-state index is 0.362. The molecule has 1 aliphatic rings. The van der Waals surface area contributed by atoms with E-state index in [0.717, 1.165) is 44.5 Å². The van der Waals surface area contributed by atoms with Crippen molar-refractivity contribution >= 4 is 16.5 Å². The van der Waals surface area contributed by atoms with Crippen LogP contribution in [0.25, 0.3) is 0 Å². The largest absolute Gasteiger partial charge is 0.383 e. The number of aromatic nitrogens is 1. The molecule has 1 aromatic rings. The number of nitrogens with one attached hydrogen (secondary N) is 1. The number of ether oxygens (including phenoxy) is 2. The summed E-state index contributed by atoms with van der Waals surface area (Å²) in [5.41, 5.74) is 0. The van der Waals surface area contributed by atoms with E-state index in [1.165, 1.54) is 17.7 Å². The van der Waals surface area contributed by atoms with Crippen molar-refractivity contribution in [3.05, 3.63) is 11.1 Å². The van der Waals surface area contributed by atoms with Gasteiger partial charge in [-0.3, -0.25) is 0 Å². The van der Waals surface area contributed by atoms with Crippen LogP contribution < -0.4 is 10.2 Å². The molecular weight excluding hydrogens is 274 g/mol. The summed E-state index contributed by atoms with van der Waals surface area (Å²) in [5, 5.41) is 4.47. The van der Waals surface area contributed by atoms with Gasteiger partial charge in [-0.25, -0.2) is 4.98 Å². The molecule has 114 valence electrons. The minimum atomic E-state index is 0.362. The normalized spacial score (nSPS) is 19.5. The molecular formula is C14H25N3O2S. The van der Waals surface area contributed by atoms with Crippen LogP contribution in [0.3, 0.4) is 0 Å². The first kappa shape index (κ1) is 15.7. The van der Waals surface area contributed by atoms with Gasteiger partial charge in [-0.1, -0.05) is 0 Å². The highest BCUT2D eigenvalue weighted by molar-refractivity contribution is 7.15. The number of hydrogen-bond acceptors (Lipinski definition) is 6. The molecule has 1 unspecified atom stereocenters. The van der Waals surface area contributed by atoms with Crippen molar-refractivity contribution in [1.29, 1.82) is 0 Å². The van der Waals surface area contributed by atoms with E-state index in [1.807, 2.05) is 6.20 Å². The van der Waals surface area contributed by atoms with Gasteiger partial charge in [0.2, 0.25) is 0 Å². The molecule has 0 amide bonds. The van der Waals surface area contributed by atoms with E-state index in [0.29, 0.717) is 6.10 Å². The third-order valence-electron chi connectivity index (χ3n) is 3.37. The van der Waals surface area contributed by atoms with Gasteiger partial charge in [0.15, 0.2) is 5.13 Å². The summed E-state index contributed by atoms with van der Waals surface area (Å²) < 4.78 is 10.8. The van der Waals surface area contributed by atoms with Gasteiger partial charge in [-0.15, -0.1) is 11.3 Å². The van der Waals surface area contributed by atoms with Gasteiger partial charge >= 0.3 is 0 Å². The first-order chi connectivity index (χ1) is 9.83. The lowest BCUT2D eigenvalue weighted by Crippen LogP contribution is -2.39. The molecule has 6 heteroatoms. The third-order valence-corrected chi connectivity index (χ3v) is 4.43. The maximum absolute atomic E-state index is 5.74. The molecule has 20 heavy (non-hydrogen) atoms. The Morgan fingerprint density at radius 3 is 3.25 bits per heavy atom. The van der Waals surface area contributed by atoms with Crippen LogP contribution in [-0.2, 0) is 16.0 Å². The standard InChI is InChI=1S/C14H25N3O2S/c1-3-19-12-5-4-7-17(11-12)14-16-10-13(20-14)9-15-6-8-18-2/h10,12,15H,3-9,11H2,1-2H3. The Morgan fingerprint density at radius 2 is 2.45 bits per heavy atom. The van der Waals surface area contributed by atoms with Gasteiger partial charge in [0, 0.05) is 51.0 Å². The van der Waals surface area contributed by atoms with Crippen LogP contribution in [-0.4, -0.2) is 51.0 Å². The Balaban J connectivity index is 1.81. The highest BCUT2D eigenvalue weighted by atomic mass is 32.1. The van der Waals surface area contributed by atoms with Crippen LogP contribution in [0.2, 0.25) is 0 Å². The molecule has 1 aromatic heterocycles. The van der Waals surface area contributed by atoms with E-state index < -0.39 is 0 Å². The van der Waals surface area contributed by atoms with Crippen molar-refractivity contribution in [1.82, 2.24) is 10.3 Å². The van der Waals surface area contributed by atoms with E-state index in [1.54, 1.807) is 18.4 Å². The molecule has 0 aromatic carbocycles. The maximum atomic E-state index is 5.74. The summed E-state index contributed by atoms with van der Waals surface area (Å²) in [4.78, 5) is 8.18. The Labute approximate surface area is 125 Å². The fourth-order valence-corrected chi connectivity index (χ4v) is 3.31. The molecule has 1 fully saturated rings. The summed E-state index contributed by atoms with van der Waals surface area (Å²) in [7, 11) is 1.72. The zero-order chi connectivity index (χ0) is 14.2. The molecule has 1 aliphatic heterocycles. The fourth-order valence-electron chi connectivity index (χ4n) is 2.39.